The fourth-order valence-corrected chi connectivity index (χ4v) is 3.60. The summed E-state index contributed by atoms with van der Waals surface area (Å²) in [5, 5.41) is 9.43. The normalized spacial score (nSPS) is 22.9. The number of hydrogen-bond donors (Lipinski definition) is 1. The Kier molecular flexibility index (Phi) is 5.55. The average molecular weight is 279 g/mol. The third kappa shape index (κ3) is 4.22. The van der Waals surface area contributed by atoms with Crippen LogP contribution in [0.2, 0.25) is 0 Å². The Bertz CT molecular complexity index is 379. The van der Waals surface area contributed by atoms with Crippen molar-refractivity contribution in [3.8, 4) is 0 Å². The number of esters is 1. The van der Waals surface area contributed by atoms with E-state index in [1.807, 2.05) is 0 Å². The SMILES string of the molecule is COC(=O)CCCS(=O)(=O)N1CCC(C(C)O)C1. The van der Waals surface area contributed by atoms with Gasteiger partial charge in [-0.25, -0.2) is 12.7 Å². The van der Waals surface area contributed by atoms with E-state index in [4.69, 9.17) is 0 Å². The second kappa shape index (κ2) is 6.49. The first-order chi connectivity index (χ1) is 8.36. The van der Waals surface area contributed by atoms with Gasteiger partial charge in [0.25, 0.3) is 0 Å². The second-order valence-corrected chi connectivity index (χ2v) is 6.73. The monoisotopic (exact) mass is 279 g/mol. The lowest BCUT2D eigenvalue weighted by Crippen LogP contribution is -2.32. The van der Waals surface area contributed by atoms with Gasteiger partial charge in [0.2, 0.25) is 10.0 Å². The molecule has 6 nitrogen and oxygen atoms in total. The van der Waals surface area contributed by atoms with Crippen molar-refractivity contribution in [2.75, 3.05) is 26.0 Å². The molecule has 0 saturated carbocycles. The average Bonchev–Trinajstić information content (AvgIpc) is 2.78. The van der Waals surface area contributed by atoms with Crippen molar-refractivity contribution in [2.24, 2.45) is 5.92 Å². The molecule has 0 aromatic rings. The summed E-state index contributed by atoms with van der Waals surface area (Å²) < 4.78 is 29.8. The van der Waals surface area contributed by atoms with E-state index in [0.717, 1.165) is 0 Å². The lowest BCUT2D eigenvalue weighted by Gasteiger charge is -2.17. The van der Waals surface area contributed by atoms with Gasteiger partial charge in [0.05, 0.1) is 19.0 Å². The minimum atomic E-state index is -3.32. The number of carbonyl (C=O) groups is 1. The molecule has 7 heteroatoms. The fourth-order valence-electron chi connectivity index (χ4n) is 2.03. The molecule has 0 radical (unpaired) electrons. The van der Waals surface area contributed by atoms with Crippen molar-refractivity contribution in [3.63, 3.8) is 0 Å². The summed E-state index contributed by atoms with van der Waals surface area (Å²) in [6.07, 6.45) is 0.586. The summed E-state index contributed by atoms with van der Waals surface area (Å²) in [6.45, 7) is 2.51. The maximum atomic E-state index is 12.0. The highest BCUT2D eigenvalue weighted by molar-refractivity contribution is 7.89. The zero-order valence-electron chi connectivity index (χ0n) is 10.8. The molecule has 1 N–H and O–H groups in total. The molecule has 2 unspecified atom stereocenters. The Morgan fingerprint density at radius 1 is 1.56 bits per heavy atom. The first-order valence-corrected chi connectivity index (χ1v) is 7.70. The second-order valence-electron chi connectivity index (χ2n) is 4.64. The molecule has 106 valence electrons. The molecule has 0 spiro atoms. The van der Waals surface area contributed by atoms with Gasteiger partial charge in [0.15, 0.2) is 0 Å². The van der Waals surface area contributed by atoms with E-state index in [1.165, 1.54) is 11.4 Å². The number of methoxy groups -OCH3 is 1. The molecule has 1 heterocycles. The van der Waals surface area contributed by atoms with Crippen LogP contribution in [0.25, 0.3) is 0 Å². The number of nitrogens with zero attached hydrogens (tertiary/aromatic N) is 1. The van der Waals surface area contributed by atoms with Gasteiger partial charge in [-0.05, 0) is 25.7 Å². The zero-order valence-corrected chi connectivity index (χ0v) is 11.6. The number of ether oxygens (including phenoxy) is 1. The molecule has 1 fully saturated rings. The van der Waals surface area contributed by atoms with E-state index in [9.17, 15) is 18.3 Å². The minimum absolute atomic E-state index is 0.0142. The van der Waals surface area contributed by atoms with Gasteiger partial charge in [0.1, 0.15) is 0 Å². The van der Waals surface area contributed by atoms with Gasteiger partial charge in [-0.1, -0.05) is 0 Å². The van der Waals surface area contributed by atoms with Crippen molar-refractivity contribution >= 4 is 16.0 Å². The molecular formula is C11H21NO5S. The Morgan fingerprint density at radius 3 is 2.72 bits per heavy atom. The van der Waals surface area contributed by atoms with Crippen molar-refractivity contribution in [1.29, 1.82) is 0 Å². The highest BCUT2D eigenvalue weighted by atomic mass is 32.2. The van der Waals surface area contributed by atoms with Crippen LogP contribution in [0.1, 0.15) is 26.2 Å². The van der Waals surface area contributed by atoms with Gasteiger partial charge >= 0.3 is 5.97 Å². The third-order valence-electron chi connectivity index (χ3n) is 3.27. The molecule has 0 amide bonds. The predicted octanol–water partition coefficient (Wildman–Crippen LogP) is -0.0279. The number of rotatable bonds is 6. The quantitative estimate of drug-likeness (QED) is 0.690. The Labute approximate surface area is 108 Å². The summed E-state index contributed by atoms with van der Waals surface area (Å²) in [4.78, 5) is 10.9. The summed E-state index contributed by atoms with van der Waals surface area (Å²) in [5.74, 6) is -0.428. The van der Waals surface area contributed by atoms with Crippen molar-refractivity contribution in [3.05, 3.63) is 0 Å². The first kappa shape index (κ1) is 15.4. The number of sulfonamides is 1. The molecule has 0 bridgehead atoms. The van der Waals surface area contributed by atoms with Crippen LogP contribution in [0.15, 0.2) is 0 Å². The van der Waals surface area contributed by atoms with Crippen LogP contribution in [0.4, 0.5) is 0 Å². The summed E-state index contributed by atoms with van der Waals surface area (Å²) in [6, 6.07) is 0. The number of aliphatic hydroxyl groups is 1. The Hall–Kier alpha value is -0.660. The van der Waals surface area contributed by atoms with Gasteiger partial charge in [-0.3, -0.25) is 4.79 Å². The van der Waals surface area contributed by atoms with Crippen molar-refractivity contribution < 1.29 is 23.1 Å². The zero-order chi connectivity index (χ0) is 13.8. The van der Waals surface area contributed by atoms with Crippen LogP contribution in [0.3, 0.4) is 0 Å². The number of hydrogen-bond acceptors (Lipinski definition) is 5. The highest BCUT2D eigenvalue weighted by Crippen LogP contribution is 2.22. The molecule has 0 aliphatic carbocycles. The van der Waals surface area contributed by atoms with E-state index in [0.29, 0.717) is 19.5 Å². The van der Waals surface area contributed by atoms with Gasteiger partial charge in [-0.15, -0.1) is 0 Å². The van der Waals surface area contributed by atoms with Crippen LogP contribution in [0.5, 0.6) is 0 Å². The van der Waals surface area contributed by atoms with E-state index in [-0.39, 0.29) is 24.5 Å². The van der Waals surface area contributed by atoms with Gasteiger partial charge in [-0.2, -0.15) is 0 Å². The molecule has 2 atom stereocenters. The van der Waals surface area contributed by atoms with Crippen LogP contribution >= 0.6 is 0 Å². The number of aliphatic hydroxyl groups excluding tert-OH is 1. The van der Waals surface area contributed by atoms with E-state index in [2.05, 4.69) is 4.74 Å². The smallest absolute Gasteiger partial charge is 0.305 e. The molecule has 1 aliphatic rings. The molecule has 1 aliphatic heterocycles. The maximum Gasteiger partial charge on any atom is 0.305 e. The van der Waals surface area contributed by atoms with Crippen molar-refractivity contribution in [1.82, 2.24) is 4.31 Å². The lowest BCUT2D eigenvalue weighted by molar-refractivity contribution is -0.140. The standard InChI is InChI=1S/C11H21NO5S/c1-9(13)10-5-6-12(8-10)18(15,16)7-3-4-11(14)17-2/h9-10,13H,3-8H2,1-2H3. The molecule has 1 rings (SSSR count). The summed E-state index contributed by atoms with van der Waals surface area (Å²) in [7, 11) is -2.03. The maximum absolute atomic E-state index is 12.0. The number of carbonyl (C=O) groups excluding carboxylic acids is 1. The van der Waals surface area contributed by atoms with E-state index < -0.39 is 22.1 Å². The summed E-state index contributed by atoms with van der Waals surface area (Å²) >= 11 is 0. The molecule has 0 aromatic carbocycles. The van der Waals surface area contributed by atoms with Crippen LogP contribution < -0.4 is 0 Å². The molecule has 1 saturated heterocycles. The molecular weight excluding hydrogens is 258 g/mol. The first-order valence-electron chi connectivity index (χ1n) is 6.09. The van der Waals surface area contributed by atoms with E-state index >= 15 is 0 Å². The lowest BCUT2D eigenvalue weighted by atomic mass is 10.0. The highest BCUT2D eigenvalue weighted by Gasteiger charge is 2.33. The van der Waals surface area contributed by atoms with Crippen LogP contribution in [-0.2, 0) is 19.6 Å². The third-order valence-corrected chi connectivity index (χ3v) is 5.20. The predicted molar refractivity (Wildman–Crippen MR) is 66.4 cm³/mol. The van der Waals surface area contributed by atoms with Gasteiger partial charge in [0, 0.05) is 19.5 Å². The fraction of sp³-hybridized carbons (Fsp3) is 0.909. The van der Waals surface area contributed by atoms with Crippen molar-refractivity contribution in [2.45, 2.75) is 32.3 Å². The minimum Gasteiger partial charge on any atom is -0.469 e. The topological polar surface area (TPSA) is 83.9 Å². The summed E-state index contributed by atoms with van der Waals surface area (Å²) in [5.41, 5.74) is 0. The Balaban J connectivity index is 2.43. The van der Waals surface area contributed by atoms with Crippen LogP contribution in [0, 0.1) is 5.92 Å². The van der Waals surface area contributed by atoms with E-state index in [1.54, 1.807) is 6.92 Å². The largest absolute Gasteiger partial charge is 0.469 e. The Morgan fingerprint density at radius 2 is 2.22 bits per heavy atom. The van der Waals surface area contributed by atoms with Crippen LogP contribution in [-0.4, -0.2) is 55.9 Å². The molecule has 0 aromatic heterocycles. The molecule has 18 heavy (non-hydrogen) atoms. The van der Waals surface area contributed by atoms with Gasteiger partial charge < -0.3 is 9.84 Å².